The summed E-state index contributed by atoms with van der Waals surface area (Å²) >= 11 is 0. The van der Waals surface area contributed by atoms with Crippen LogP contribution in [-0.2, 0) is 13.1 Å². The summed E-state index contributed by atoms with van der Waals surface area (Å²) in [5.41, 5.74) is 1.15. The highest BCUT2D eigenvalue weighted by Gasteiger charge is 2.14. The third kappa shape index (κ3) is 2.82. The van der Waals surface area contributed by atoms with Crippen molar-refractivity contribution in [2.75, 3.05) is 5.32 Å². The van der Waals surface area contributed by atoms with Crippen LogP contribution in [0.25, 0.3) is 0 Å². The average Bonchev–Trinajstić information content (AvgIpc) is 2.84. The molecular formula is C12H14N4O3. The van der Waals surface area contributed by atoms with Gasteiger partial charge in [-0.2, -0.15) is 5.10 Å². The van der Waals surface area contributed by atoms with Crippen LogP contribution >= 0.6 is 0 Å². The first-order chi connectivity index (χ1) is 9.11. The third-order valence-corrected chi connectivity index (χ3v) is 2.74. The van der Waals surface area contributed by atoms with Crippen LogP contribution in [0.4, 0.5) is 11.4 Å². The highest BCUT2D eigenvalue weighted by molar-refractivity contribution is 5.63. The van der Waals surface area contributed by atoms with Crippen LogP contribution in [-0.4, -0.2) is 19.8 Å². The van der Waals surface area contributed by atoms with Gasteiger partial charge in [0.2, 0.25) is 0 Å². The summed E-state index contributed by atoms with van der Waals surface area (Å²) in [5, 5.41) is 27.3. The number of hydrogen-bond acceptors (Lipinski definition) is 5. The summed E-state index contributed by atoms with van der Waals surface area (Å²) in [6.07, 6.45) is 1.69. The van der Waals surface area contributed by atoms with Crippen molar-refractivity contribution in [3.05, 3.63) is 46.3 Å². The molecule has 7 heteroatoms. The Kier molecular flexibility index (Phi) is 3.65. The SMILES string of the molecule is CCn1nccc1CNc1ccc(O)cc1[N+](=O)[O-]. The lowest BCUT2D eigenvalue weighted by atomic mass is 10.2. The molecule has 0 saturated carbocycles. The van der Waals surface area contributed by atoms with Gasteiger partial charge in [-0.15, -0.1) is 0 Å². The van der Waals surface area contributed by atoms with E-state index in [4.69, 9.17) is 0 Å². The van der Waals surface area contributed by atoms with E-state index in [1.54, 1.807) is 10.9 Å². The van der Waals surface area contributed by atoms with Gasteiger partial charge in [0.25, 0.3) is 5.69 Å². The predicted molar refractivity (Wildman–Crippen MR) is 70.0 cm³/mol. The van der Waals surface area contributed by atoms with Crippen molar-refractivity contribution in [3.8, 4) is 5.75 Å². The highest BCUT2D eigenvalue weighted by Crippen LogP contribution is 2.28. The fourth-order valence-corrected chi connectivity index (χ4v) is 1.80. The molecule has 0 aliphatic heterocycles. The zero-order chi connectivity index (χ0) is 13.8. The number of aryl methyl sites for hydroxylation is 1. The number of nitro groups is 1. The number of nitrogens with zero attached hydrogens (tertiary/aromatic N) is 3. The van der Waals surface area contributed by atoms with E-state index >= 15 is 0 Å². The third-order valence-electron chi connectivity index (χ3n) is 2.74. The van der Waals surface area contributed by atoms with Crippen molar-refractivity contribution in [1.82, 2.24) is 9.78 Å². The molecule has 0 unspecified atom stereocenters. The Hall–Kier alpha value is -2.57. The molecule has 100 valence electrons. The van der Waals surface area contributed by atoms with Gasteiger partial charge in [-0.1, -0.05) is 0 Å². The number of aromatic nitrogens is 2. The van der Waals surface area contributed by atoms with Gasteiger partial charge in [0.1, 0.15) is 11.4 Å². The van der Waals surface area contributed by atoms with Crippen LogP contribution < -0.4 is 5.32 Å². The maximum Gasteiger partial charge on any atom is 0.296 e. The molecule has 1 aromatic carbocycles. The van der Waals surface area contributed by atoms with E-state index in [1.807, 2.05) is 13.0 Å². The van der Waals surface area contributed by atoms with E-state index in [1.165, 1.54) is 12.1 Å². The summed E-state index contributed by atoms with van der Waals surface area (Å²) in [4.78, 5) is 10.4. The summed E-state index contributed by atoms with van der Waals surface area (Å²) < 4.78 is 1.80. The number of benzene rings is 1. The molecule has 0 spiro atoms. The van der Waals surface area contributed by atoms with Gasteiger partial charge in [-0.05, 0) is 25.1 Å². The lowest BCUT2D eigenvalue weighted by molar-refractivity contribution is -0.384. The smallest absolute Gasteiger partial charge is 0.296 e. The van der Waals surface area contributed by atoms with Gasteiger partial charge in [0, 0.05) is 12.7 Å². The Morgan fingerprint density at radius 1 is 1.47 bits per heavy atom. The second-order valence-electron chi connectivity index (χ2n) is 3.95. The number of aromatic hydroxyl groups is 1. The molecule has 0 aliphatic carbocycles. The minimum absolute atomic E-state index is 0.129. The van der Waals surface area contributed by atoms with E-state index in [9.17, 15) is 15.2 Å². The van der Waals surface area contributed by atoms with Gasteiger partial charge in [0.15, 0.2) is 0 Å². The molecule has 0 amide bonds. The Labute approximate surface area is 109 Å². The Balaban J connectivity index is 2.18. The van der Waals surface area contributed by atoms with Crippen LogP contribution in [0.5, 0.6) is 5.75 Å². The molecule has 0 saturated heterocycles. The van der Waals surface area contributed by atoms with Crippen molar-refractivity contribution < 1.29 is 10.0 Å². The monoisotopic (exact) mass is 262 g/mol. The topological polar surface area (TPSA) is 93.2 Å². The van der Waals surface area contributed by atoms with Crippen LogP contribution in [0.2, 0.25) is 0 Å². The molecule has 0 atom stereocenters. The van der Waals surface area contributed by atoms with Crippen molar-refractivity contribution >= 4 is 11.4 Å². The first kappa shape index (κ1) is 12.9. The fraction of sp³-hybridized carbons (Fsp3) is 0.250. The summed E-state index contributed by atoms with van der Waals surface area (Å²) in [6, 6.07) is 5.87. The second-order valence-corrected chi connectivity index (χ2v) is 3.95. The lowest BCUT2D eigenvalue weighted by Gasteiger charge is -2.08. The number of rotatable bonds is 5. The van der Waals surface area contributed by atoms with E-state index in [2.05, 4.69) is 10.4 Å². The molecule has 0 aliphatic rings. The lowest BCUT2D eigenvalue weighted by Crippen LogP contribution is -2.08. The molecule has 0 radical (unpaired) electrons. The minimum atomic E-state index is -0.529. The molecule has 1 aromatic heterocycles. The normalized spacial score (nSPS) is 10.4. The van der Waals surface area contributed by atoms with Gasteiger partial charge >= 0.3 is 0 Å². The van der Waals surface area contributed by atoms with Crippen LogP contribution in [0.15, 0.2) is 30.5 Å². The number of hydrogen-bond donors (Lipinski definition) is 2. The van der Waals surface area contributed by atoms with Crippen molar-refractivity contribution in [2.45, 2.75) is 20.0 Å². The summed E-state index contributed by atoms with van der Waals surface area (Å²) in [5.74, 6) is -0.129. The Morgan fingerprint density at radius 3 is 2.95 bits per heavy atom. The number of nitro benzene ring substituents is 1. The second kappa shape index (κ2) is 5.38. The van der Waals surface area contributed by atoms with Crippen LogP contribution in [0.3, 0.4) is 0 Å². The minimum Gasteiger partial charge on any atom is -0.508 e. The molecule has 2 rings (SSSR count). The maximum absolute atomic E-state index is 10.9. The van der Waals surface area contributed by atoms with E-state index < -0.39 is 4.92 Å². The number of phenolic OH excluding ortho intramolecular Hbond substituents is 1. The van der Waals surface area contributed by atoms with Gasteiger partial charge < -0.3 is 10.4 Å². The zero-order valence-corrected chi connectivity index (χ0v) is 10.4. The number of phenols is 1. The highest BCUT2D eigenvalue weighted by atomic mass is 16.6. The van der Waals surface area contributed by atoms with Gasteiger partial charge in [-0.3, -0.25) is 14.8 Å². The molecule has 2 N–H and O–H groups in total. The Morgan fingerprint density at radius 2 is 2.26 bits per heavy atom. The average molecular weight is 262 g/mol. The molecule has 19 heavy (non-hydrogen) atoms. The summed E-state index contributed by atoms with van der Waals surface area (Å²) in [6.45, 7) is 3.14. The number of nitrogens with one attached hydrogen (secondary N) is 1. The van der Waals surface area contributed by atoms with Gasteiger partial charge in [0.05, 0.1) is 23.2 Å². The van der Waals surface area contributed by atoms with E-state index in [0.29, 0.717) is 12.2 Å². The molecule has 1 heterocycles. The Bertz CT molecular complexity index is 594. The van der Waals surface area contributed by atoms with Crippen molar-refractivity contribution in [2.24, 2.45) is 0 Å². The predicted octanol–water partition coefficient (Wildman–Crippen LogP) is 2.13. The van der Waals surface area contributed by atoms with E-state index in [0.717, 1.165) is 18.3 Å². The van der Waals surface area contributed by atoms with Gasteiger partial charge in [-0.25, -0.2) is 0 Å². The van der Waals surface area contributed by atoms with Crippen LogP contribution in [0.1, 0.15) is 12.6 Å². The molecule has 0 bridgehead atoms. The number of anilines is 1. The first-order valence-electron chi connectivity index (χ1n) is 5.83. The fourth-order valence-electron chi connectivity index (χ4n) is 1.80. The van der Waals surface area contributed by atoms with Crippen molar-refractivity contribution in [3.63, 3.8) is 0 Å². The first-order valence-corrected chi connectivity index (χ1v) is 5.83. The summed E-state index contributed by atoms with van der Waals surface area (Å²) in [7, 11) is 0. The maximum atomic E-state index is 10.9. The standard InChI is InChI=1S/C12H14N4O3/c1-2-15-9(5-6-14-15)8-13-11-4-3-10(17)7-12(11)16(18)19/h3-7,13,17H,2,8H2,1H3. The van der Waals surface area contributed by atoms with E-state index in [-0.39, 0.29) is 11.4 Å². The van der Waals surface area contributed by atoms with Crippen molar-refractivity contribution in [1.29, 1.82) is 0 Å². The zero-order valence-electron chi connectivity index (χ0n) is 10.4. The molecule has 7 nitrogen and oxygen atoms in total. The quantitative estimate of drug-likeness (QED) is 0.489. The molecule has 2 aromatic rings. The molecular weight excluding hydrogens is 248 g/mol. The van der Waals surface area contributed by atoms with Crippen LogP contribution in [0, 0.1) is 10.1 Å². The molecule has 0 fully saturated rings. The largest absolute Gasteiger partial charge is 0.508 e.